The molecule has 1 atom stereocenters. The van der Waals surface area contributed by atoms with E-state index in [2.05, 4.69) is 47.1 Å². The highest BCUT2D eigenvalue weighted by atomic mass is 79.9. The molecule has 0 aliphatic carbocycles. The van der Waals surface area contributed by atoms with Gasteiger partial charge in [-0.25, -0.2) is 0 Å². The van der Waals surface area contributed by atoms with E-state index < -0.39 is 0 Å². The van der Waals surface area contributed by atoms with Gasteiger partial charge in [0.05, 0.1) is 5.38 Å². The smallest absolute Gasteiger partial charge is 0.0846 e. The number of hydrogen-bond donors (Lipinski definition) is 0. The topological polar surface area (TPSA) is 0 Å². The quantitative estimate of drug-likeness (QED) is 0.508. The van der Waals surface area contributed by atoms with Gasteiger partial charge in [-0.15, -0.1) is 11.6 Å². The molecule has 3 heteroatoms. The Hall–Kier alpha value is -0.500. The summed E-state index contributed by atoms with van der Waals surface area (Å²) in [6.07, 6.45) is 3.57. The number of rotatable bonds is 5. The van der Waals surface area contributed by atoms with Crippen LogP contribution in [0, 0.1) is 0 Å². The van der Waals surface area contributed by atoms with Gasteiger partial charge in [0.2, 0.25) is 0 Å². The van der Waals surface area contributed by atoms with Gasteiger partial charge in [0.1, 0.15) is 0 Å². The normalized spacial score (nSPS) is 12.4. The lowest BCUT2D eigenvalue weighted by Crippen LogP contribution is -1.95. The number of aryl methyl sites for hydroxylation is 1. The van der Waals surface area contributed by atoms with Crippen LogP contribution in [-0.2, 0) is 6.42 Å². The third-order valence-corrected chi connectivity index (χ3v) is 4.77. The van der Waals surface area contributed by atoms with Crippen molar-refractivity contribution in [1.29, 1.82) is 0 Å². The third-order valence-electron chi connectivity index (χ3n) is 3.32. The summed E-state index contributed by atoms with van der Waals surface area (Å²) in [6.45, 7) is 2.21. The van der Waals surface area contributed by atoms with Crippen molar-refractivity contribution < 1.29 is 0 Å². The molecule has 0 spiro atoms. The van der Waals surface area contributed by atoms with Gasteiger partial charge in [-0.3, -0.25) is 0 Å². The Balaban J connectivity index is 2.20. The highest BCUT2D eigenvalue weighted by molar-refractivity contribution is 9.10. The molecule has 0 aliphatic rings. The van der Waals surface area contributed by atoms with E-state index >= 15 is 0 Å². The second kappa shape index (κ2) is 7.49. The molecule has 2 aromatic carbocycles. The zero-order valence-electron chi connectivity index (χ0n) is 11.4. The van der Waals surface area contributed by atoms with Gasteiger partial charge in [-0.05, 0) is 47.7 Å². The summed E-state index contributed by atoms with van der Waals surface area (Å²) in [5.41, 5.74) is 3.46. The molecule has 2 rings (SSSR count). The molecule has 20 heavy (non-hydrogen) atoms. The van der Waals surface area contributed by atoms with Gasteiger partial charge in [0.25, 0.3) is 0 Å². The van der Waals surface area contributed by atoms with Gasteiger partial charge < -0.3 is 0 Å². The largest absolute Gasteiger partial charge is 0.113 e. The van der Waals surface area contributed by atoms with Crippen molar-refractivity contribution in [3.05, 3.63) is 68.7 Å². The maximum absolute atomic E-state index is 6.58. The fourth-order valence-corrected chi connectivity index (χ4v) is 3.24. The Morgan fingerprint density at radius 3 is 2.45 bits per heavy atom. The molecule has 0 aliphatic heterocycles. The molecular formula is C17H17BrCl2. The Kier molecular flexibility index (Phi) is 5.95. The molecule has 106 valence electrons. The first kappa shape index (κ1) is 15.9. The number of hydrogen-bond acceptors (Lipinski definition) is 0. The standard InChI is InChI=1S/C17H17BrCl2/c1-2-3-4-12-5-7-13(8-6-12)17(20)15-11-14(19)9-10-16(15)18/h5-11,17H,2-4H2,1H3. The molecule has 0 heterocycles. The Bertz CT molecular complexity index is 564. The SMILES string of the molecule is CCCCc1ccc(C(Cl)c2cc(Cl)ccc2Br)cc1. The molecule has 1 unspecified atom stereocenters. The Morgan fingerprint density at radius 2 is 1.80 bits per heavy atom. The minimum absolute atomic E-state index is 0.191. The maximum Gasteiger partial charge on any atom is 0.0846 e. The molecule has 0 N–H and O–H groups in total. The van der Waals surface area contributed by atoms with Crippen molar-refractivity contribution in [2.75, 3.05) is 0 Å². The van der Waals surface area contributed by atoms with Gasteiger partial charge in [0.15, 0.2) is 0 Å². The summed E-state index contributed by atoms with van der Waals surface area (Å²) in [6, 6.07) is 14.2. The molecule has 0 amide bonds. The molecule has 0 saturated heterocycles. The number of benzene rings is 2. The predicted molar refractivity (Wildman–Crippen MR) is 91.9 cm³/mol. The minimum atomic E-state index is -0.191. The molecule has 0 fully saturated rings. The van der Waals surface area contributed by atoms with E-state index in [0.29, 0.717) is 5.02 Å². The first-order valence-corrected chi connectivity index (χ1v) is 8.40. The van der Waals surface area contributed by atoms with Crippen molar-refractivity contribution in [2.24, 2.45) is 0 Å². The number of halogens is 3. The fourth-order valence-electron chi connectivity index (χ4n) is 2.12. The van der Waals surface area contributed by atoms with Crippen molar-refractivity contribution >= 4 is 39.1 Å². The highest BCUT2D eigenvalue weighted by Crippen LogP contribution is 2.35. The number of unbranched alkanes of at least 4 members (excludes halogenated alkanes) is 1. The van der Waals surface area contributed by atoms with Gasteiger partial charge >= 0.3 is 0 Å². The van der Waals surface area contributed by atoms with E-state index in [1.54, 1.807) is 0 Å². The van der Waals surface area contributed by atoms with Crippen LogP contribution in [0.2, 0.25) is 5.02 Å². The summed E-state index contributed by atoms with van der Waals surface area (Å²) in [4.78, 5) is 0. The summed E-state index contributed by atoms with van der Waals surface area (Å²) in [5, 5.41) is 0.511. The van der Waals surface area contributed by atoms with Crippen LogP contribution < -0.4 is 0 Å². The van der Waals surface area contributed by atoms with Crippen LogP contribution in [0.4, 0.5) is 0 Å². The lowest BCUT2D eigenvalue weighted by molar-refractivity contribution is 0.794. The molecular weight excluding hydrogens is 355 g/mol. The lowest BCUT2D eigenvalue weighted by atomic mass is 10.0. The molecule has 0 saturated carbocycles. The summed E-state index contributed by atoms with van der Waals surface area (Å²) in [5.74, 6) is 0. The van der Waals surface area contributed by atoms with E-state index in [-0.39, 0.29) is 5.38 Å². The number of alkyl halides is 1. The van der Waals surface area contributed by atoms with Crippen LogP contribution in [0.1, 0.15) is 41.8 Å². The second-order valence-electron chi connectivity index (χ2n) is 4.87. The van der Waals surface area contributed by atoms with Crippen molar-refractivity contribution in [3.63, 3.8) is 0 Å². The van der Waals surface area contributed by atoms with Crippen LogP contribution in [0.25, 0.3) is 0 Å². The zero-order chi connectivity index (χ0) is 14.5. The van der Waals surface area contributed by atoms with Gasteiger partial charge in [-0.2, -0.15) is 0 Å². The minimum Gasteiger partial charge on any atom is -0.113 e. The second-order valence-corrected chi connectivity index (χ2v) is 6.60. The van der Waals surface area contributed by atoms with E-state index in [4.69, 9.17) is 23.2 Å². The van der Waals surface area contributed by atoms with E-state index in [1.165, 1.54) is 18.4 Å². The van der Waals surface area contributed by atoms with Crippen LogP contribution in [0.3, 0.4) is 0 Å². The average Bonchev–Trinajstić information content (AvgIpc) is 2.47. The maximum atomic E-state index is 6.58. The molecule has 2 aromatic rings. The van der Waals surface area contributed by atoms with Crippen LogP contribution in [0.5, 0.6) is 0 Å². The molecule has 0 radical (unpaired) electrons. The molecule has 0 aromatic heterocycles. The Labute approximate surface area is 139 Å². The summed E-state index contributed by atoms with van der Waals surface area (Å²) in [7, 11) is 0. The van der Waals surface area contributed by atoms with Crippen molar-refractivity contribution in [2.45, 2.75) is 31.6 Å². The van der Waals surface area contributed by atoms with Gasteiger partial charge in [-0.1, -0.05) is 65.1 Å². The fraction of sp³-hybridized carbons (Fsp3) is 0.294. The third kappa shape index (κ3) is 4.00. The summed E-state index contributed by atoms with van der Waals surface area (Å²) < 4.78 is 0.983. The first-order valence-electron chi connectivity index (χ1n) is 6.79. The van der Waals surface area contributed by atoms with Gasteiger partial charge in [0, 0.05) is 9.50 Å². The van der Waals surface area contributed by atoms with Crippen molar-refractivity contribution in [1.82, 2.24) is 0 Å². The Morgan fingerprint density at radius 1 is 1.10 bits per heavy atom. The highest BCUT2D eigenvalue weighted by Gasteiger charge is 2.14. The van der Waals surface area contributed by atoms with E-state index in [0.717, 1.165) is 22.0 Å². The monoisotopic (exact) mass is 370 g/mol. The van der Waals surface area contributed by atoms with Crippen LogP contribution >= 0.6 is 39.1 Å². The van der Waals surface area contributed by atoms with Crippen LogP contribution in [0.15, 0.2) is 46.9 Å². The predicted octanol–water partition coefficient (Wildman–Crippen LogP) is 6.77. The van der Waals surface area contributed by atoms with Crippen molar-refractivity contribution in [3.8, 4) is 0 Å². The van der Waals surface area contributed by atoms with Crippen LogP contribution in [-0.4, -0.2) is 0 Å². The summed E-state index contributed by atoms with van der Waals surface area (Å²) >= 11 is 16.2. The lowest BCUT2D eigenvalue weighted by Gasteiger charge is -2.13. The van der Waals surface area contributed by atoms with E-state index in [1.807, 2.05) is 18.2 Å². The van der Waals surface area contributed by atoms with E-state index in [9.17, 15) is 0 Å². The zero-order valence-corrected chi connectivity index (χ0v) is 14.5. The molecule has 0 nitrogen and oxygen atoms in total. The first-order chi connectivity index (χ1) is 9.61. The molecule has 0 bridgehead atoms. The average molecular weight is 372 g/mol.